The summed E-state index contributed by atoms with van der Waals surface area (Å²) in [4.78, 5) is 9.02. The minimum absolute atomic E-state index is 0.404. The highest BCUT2D eigenvalue weighted by Crippen LogP contribution is 2.30. The Labute approximate surface area is 186 Å². The van der Waals surface area contributed by atoms with Gasteiger partial charge in [0.2, 0.25) is 0 Å². The van der Waals surface area contributed by atoms with Crippen LogP contribution in [-0.4, -0.2) is 66.5 Å². The van der Waals surface area contributed by atoms with E-state index in [4.69, 9.17) is 9.47 Å². The predicted octanol–water partition coefficient (Wildman–Crippen LogP) is 2.97. The molecule has 0 radical (unpaired) electrons. The van der Waals surface area contributed by atoms with Crippen molar-refractivity contribution < 1.29 is 9.47 Å². The highest BCUT2D eigenvalue weighted by atomic mass is 16.5. The van der Waals surface area contributed by atoms with Gasteiger partial charge in [0.1, 0.15) is 11.5 Å². The van der Waals surface area contributed by atoms with E-state index in [1.807, 2.05) is 19.2 Å². The van der Waals surface area contributed by atoms with Crippen molar-refractivity contribution in [2.24, 2.45) is 4.99 Å². The zero-order chi connectivity index (χ0) is 22.1. The third kappa shape index (κ3) is 6.44. The Morgan fingerprint density at radius 3 is 2.29 bits per heavy atom. The van der Waals surface area contributed by atoms with Crippen LogP contribution >= 0.6 is 0 Å². The van der Waals surface area contributed by atoms with Crippen LogP contribution < -0.4 is 29.9 Å². The lowest BCUT2D eigenvalue weighted by Crippen LogP contribution is -2.49. The molecule has 7 nitrogen and oxygen atoms in total. The van der Waals surface area contributed by atoms with E-state index < -0.39 is 0 Å². The number of piperidine rings is 1. The number of aliphatic imine (C=N–C) groups is 1. The normalized spacial score (nSPS) is 14.8. The minimum Gasteiger partial charge on any atom is -0.497 e. The number of rotatable bonds is 8. The molecule has 0 aromatic heterocycles. The molecule has 1 saturated heterocycles. The van der Waals surface area contributed by atoms with Crippen LogP contribution in [0.15, 0.2) is 53.5 Å². The molecule has 7 heteroatoms. The molecular formula is C24H35N5O2. The number of methoxy groups -OCH3 is 2. The highest BCUT2D eigenvalue weighted by molar-refractivity contribution is 5.80. The molecule has 2 aromatic rings. The van der Waals surface area contributed by atoms with Crippen LogP contribution in [0, 0.1) is 0 Å². The molecule has 2 N–H and O–H groups in total. The Morgan fingerprint density at radius 2 is 1.71 bits per heavy atom. The number of likely N-dealkylation sites (N-methyl/N-ethyl adjacent to an activating group) is 1. The van der Waals surface area contributed by atoms with Crippen molar-refractivity contribution in [3.63, 3.8) is 0 Å². The van der Waals surface area contributed by atoms with Crippen molar-refractivity contribution in [3.05, 3.63) is 48.5 Å². The minimum atomic E-state index is 0.404. The summed E-state index contributed by atoms with van der Waals surface area (Å²) in [7, 11) is 7.31. The van der Waals surface area contributed by atoms with E-state index in [0.29, 0.717) is 6.04 Å². The summed E-state index contributed by atoms with van der Waals surface area (Å²) >= 11 is 0. The third-order valence-electron chi connectivity index (χ3n) is 5.70. The molecule has 168 valence electrons. The van der Waals surface area contributed by atoms with Crippen LogP contribution in [0.2, 0.25) is 0 Å². The van der Waals surface area contributed by atoms with Crippen LogP contribution in [0.5, 0.6) is 11.5 Å². The van der Waals surface area contributed by atoms with E-state index in [2.05, 4.69) is 68.9 Å². The molecule has 0 bridgehead atoms. The number of benzene rings is 2. The van der Waals surface area contributed by atoms with E-state index in [0.717, 1.165) is 62.2 Å². The van der Waals surface area contributed by atoms with Gasteiger partial charge in [0, 0.05) is 75.9 Å². The van der Waals surface area contributed by atoms with Gasteiger partial charge in [0.05, 0.1) is 14.2 Å². The summed E-state index contributed by atoms with van der Waals surface area (Å²) in [5.41, 5.74) is 2.36. The summed E-state index contributed by atoms with van der Waals surface area (Å²) < 4.78 is 10.8. The number of guanidine groups is 1. The molecule has 0 spiro atoms. The van der Waals surface area contributed by atoms with E-state index in [1.165, 1.54) is 5.69 Å². The van der Waals surface area contributed by atoms with E-state index in [1.54, 1.807) is 14.2 Å². The first-order chi connectivity index (χ1) is 15.1. The van der Waals surface area contributed by atoms with Gasteiger partial charge in [-0.3, -0.25) is 4.99 Å². The van der Waals surface area contributed by atoms with Crippen molar-refractivity contribution >= 4 is 17.3 Å². The average Bonchev–Trinajstić information content (AvgIpc) is 2.83. The van der Waals surface area contributed by atoms with Crippen LogP contribution in [0.4, 0.5) is 11.4 Å². The smallest absolute Gasteiger partial charge is 0.191 e. The molecule has 2 aromatic carbocycles. The van der Waals surface area contributed by atoms with Gasteiger partial charge in [0.25, 0.3) is 0 Å². The Kier molecular flexibility index (Phi) is 8.27. The molecule has 0 unspecified atom stereocenters. The van der Waals surface area contributed by atoms with Gasteiger partial charge in [-0.2, -0.15) is 0 Å². The Bertz CT molecular complexity index is 813. The maximum Gasteiger partial charge on any atom is 0.191 e. The van der Waals surface area contributed by atoms with Gasteiger partial charge in [-0.25, -0.2) is 0 Å². The quantitative estimate of drug-likeness (QED) is 0.501. The fourth-order valence-corrected chi connectivity index (χ4v) is 3.80. The van der Waals surface area contributed by atoms with E-state index in [9.17, 15) is 0 Å². The van der Waals surface area contributed by atoms with Gasteiger partial charge in [-0.1, -0.05) is 18.2 Å². The monoisotopic (exact) mass is 425 g/mol. The lowest BCUT2D eigenvalue weighted by Gasteiger charge is -2.35. The molecule has 3 rings (SSSR count). The Balaban J connectivity index is 1.45. The van der Waals surface area contributed by atoms with Crippen LogP contribution in [0.3, 0.4) is 0 Å². The molecule has 0 amide bonds. The molecule has 31 heavy (non-hydrogen) atoms. The van der Waals surface area contributed by atoms with Gasteiger partial charge in [-0.05, 0) is 25.0 Å². The van der Waals surface area contributed by atoms with Crippen LogP contribution in [0.25, 0.3) is 0 Å². The molecule has 1 heterocycles. The molecule has 0 saturated carbocycles. The summed E-state index contributed by atoms with van der Waals surface area (Å²) in [5, 5.41) is 7.02. The van der Waals surface area contributed by atoms with Gasteiger partial charge >= 0.3 is 0 Å². The van der Waals surface area contributed by atoms with E-state index in [-0.39, 0.29) is 0 Å². The number of nitrogens with one attached hydrogen (secondary N) is 2. The first-order valence-electron chi connectivity index (χ1n) is 10.8. The lowest BCUT2D eigenvalue weighted by molar-refractivity contribution is 0.393. The summed E-state index contributed by atoms with van der Waals surface area (Å²) in [6.07, 6.45) is 2.09. The zero-order valence-corrected chi connectivity index (χ0v) is 19.1. The number of para-hydroxylation sites is 1. The number of nitrogens with zero attached hydrogens (tertiary/aromatic N) is 3. The topological polar surface area (TPSA) is 61.4 Å². The second kappa shape index (κ2) is 11.3. The largest absolute Gasteiger partial charge is 0.497 e. The van der Waals surface area contributed by atoms with Crippen molar-refractivity contribution in [3.8, 4) is 11.5 Å². The fraction of sp³-hybridized carbons (Fsp3) is 0.458. The molecular weight excluding hydrogens is 390 g/mol. The fourth-order valence-electron chi connectivity index (χ4n) is 3.80. The number of hydrogen-bond acceptors (Lipinski definition) is 5. The van der Waals surface area contributed by atoms with Gasteiger partial charge in [-0.15, -0.1) is 0 Å². The third-order valence-corrected chi connectivity index (χ3v) is 5.70. The number of anilines is 2. The van der Waals surface area contributed by atoms with E-state index >= 15 is 0 Å². The Morgan fingerprint density at radius 1 is 1.06 bits per heavy atom. The lowest BCUT2D eigenvalue weighted by atomic mass is 10.0. The maximum atomic E-state index is 5.41. The van der Waals surface area contributed by atoms with Crippen LogP contribution in [0.1, 0.15) is 12.8 Å². The van der Waals surface area contributed by atoms with Gasteiger partial charge < -0.3 is 29.9 Å². The van der Waals surface area contributed by atoms with Crippen LogP contribution in [-0.2, 0) is 0 Å². The molecule has 1 aliphatic rings. The standard InChI is InChI=1S/C24H35N5O2/c1-25-24(26-12-15-28(2)20-8-6-5-7-9-20)27-19-10-13-29(14-11-19)21-16-22(30-3)18-23(17-21)31-4/h5-9,16-19H,10-15H2,1-4H3,(H2,25,26,27). The zero-order valence-electron chi connectivity index (χ0n) is 19.1. The predicted molar refractivity (Wildman–Crippen MR) is 129 cm³/mol. The van der Waals surface area contributed by atoms with Crippen molar-refractivity contribution in [1.29, 1.82) is 0 Å². The first kappa shape index (κ1) is 22.6. The van der Waals surface area contributed by atoms with Crippen molar-refractivity contribution in [2.45, 2.75) is 18.9 Å². The number of ether oxygens (including phenoxy) is 2. The van der Waals surface area contributed by atoms with Gasteiger partial charge in [0.15, 0.2) is 5.96 Å². The van der Waals surface area contributed by atoms with Crippen molar-refractivity contribution in [1.82, 2.24) is 10.6 Å². The maximum absolute atomic E-state index is 5.41. The molecule has 0 atom stereocenters. The SMILES string of the molecule is CN=C(NCCN(C)c1ccccc1)NC1CCN(c2cc(OC)cc(OC)c2)CC1. The Hall–Kier alpha value is -3.09. The average molecular weight is 426 g/mol. The summed E-state index contributed by atoms with van der Waals surface area (Å²) in [6, 6.07) is 16.9. The van der Waals surface area contributed by atoms with Crippen molar-refractivity contribution in [2.75, 3.05) is 64.3 Å². The summed E-state index contributed by atoms with van der Waals surface area (Å²) in [6.45, 7) is 3.68. The molecule has 1 aliphatic heterocycles. The molecule has 1 fully saturated rings. The second-order valence-corrected chi connectivity index (χ2v) is 7.73. The summed E-state index contributed by atoms with van der Waals surface area (Å²) in [5.74, 6) is 2.50. The highest BCUT2D eigenvalue weighted by Gasteiger charge is 2.21. The first-order valence-corrected chi connectivity index (χ1v) is 10.8. The molecule has 0 aliphatic carbocycles. The number of hydrogen-bond donors (Lipinski definition) is 2. The second-order valence-electron chi connectivity index (χ2n) is 7.73.